The molecular formula is C12H23N. The molecule has 0 aromatic rings. The van der Waals surface area contributed by atoms with Crippen molar-refractivity contribution in [1.29, 1.82) is 0 Å². The predicted octanol–water partition coefficient (Wildman–Crippen LogP) is 3.07. The number of nitrogens with zero attached hydrogens (tertiary/aromatic N) is 1. The summed E-state index contributed by atoms with van der Waals surface area (Å²) in [4.78, 5) is 2.57. The van der Waals surface area contributed by atoms with Crippen molar-refractivity contribution in [3.63, 3.8) is 0 Å². The maximum Gasteiger partial charge on any atom is 0.0195 e. The summed E-state index contributed by atoms with van der Waals surface area (Å²) in [6, 6.07) is 0.705. The zero-order valence-corrected chi connectivity index (χ0v) is 9.51. The van der Waals surface area contributed by atoms with Crippen molar-refractivity contribution in [2.45, 2.75) is 46.6 Å². The summed E-state index contributed by atoms with van der Waals surface area (Å²) < 4.78 is 0. The first-order valence-corrected chi connectivity index (χ1v) is 5.53. The van der Waals surface area contributed by atoms with Gasteiger partial charge in [0.15, 0.2) is 0 Å². The van der Waals surface area contributed by atoms with E-state index >= 15 is 0 Å². The molecule has 0 amide bonds. The molecule has 0 aromatic carbocycles. The van der Waals surface area contributed by atoms with Crippen LogP contribution in [0.4, 0.5) is 0 Å². The molecule has 0 bridgehead atoms. The van der Waals surface area contributed by atoms with E-state index < -0.39 is 0 Å². The van der Waals surface area contributed by atoms with Crippen LogP contribution in [0.15, 0.2) is 11.6 Å². The van der Waals surface area contributed by atoms with Gasteiger partial charge in [-0.1, -0.05) is 25.5 Å². The molecule has 1 heterocycles. The summed E-state index contributed by atoms with van der Waals surface area (Å²) in [6.45, 7) is 11.6. The molecule has 1 fully saturated rings. The lowest BCUT2D eigenvalue weighted by Gasteiger charge is -2.32. The third-order valence-electron chi connectivity index (χ3n) is 2.65. The van der Waals surface area contributed by atoms with Crippen molar-refractivity contribution < 1.29 is 0 Å². The van der Waals surface area contributed by atoms with Crippen molar-refractivity contribution in [3.8, 4) is 0 Å². The molecule has 0 aliphatic carbocycles. The fraction of sp³-hybridized carbons (Fsp3) is 0.833. The zero-order chi connectivity index (χ0) is 9.84. The number of likely N-dealkylation sites (tertiary alicyclic amines) is 1. The summed E-state index contributed by atoms with van der Waals surface area (Å²) in [5.74, 6) is 0.710. The molecule has 0 unspecified atom stereocenters. The van der Waals surface area contributed by atoms with Gasteiger partial charge in [0.2, 0.25) is 0 Å². The van der Waals surface area contributed by atoms with Crippen LogP contribution in [0.25, 0.3) is 0 Å². The largest absolute Gasteiger partial charge is 0.297 e. The summed E-state index contributed by atoms with van der Waals surface area (Å²) >= 11 is 0. The molecule has 1 nitrogen and oxygen atoms in total. The molecule has 0 atom stereocenters. The van der Waals surface area contributed by atoms with E-state index in [1.54, 1.807) is 5.57 Å². The number of piperidine rings is 1. The van der Waals surface area contributed by atoms with Crippen LogP contribution in [-0.4, -0.2) is 24.0 Å². The van der Waals surface area contributed by atoms with Gasteiger partial charge < -0.3 is 0 Å². The molecule has 76 valence electrons. The number of hydrogen-bond donors (Lipinski definition) is 0. The van der Waals surface area contributed by atoms with E-state index in [2.05, 4.69) is 38.7 Å². The summed E-state index contributed by atoms with van der Waals surface area (Å²) in [7, 11) is 0. The van der Waals surface area contributed by atoms with Crippen molar-refractivity contribution in [2.75, 3.05) is 13.1 Å². The van der Waals surface area contributed by atoms with Gasteiger partial charge in [0.1, 0.15) is 0 Å². The van der Waals surface area contributed by atoms with Crippen LogP contribution < -0.4 is 0 Å². The molecule has 0 N–H and O–H groups in total. The molecule has 13 heavy (non-hydrogen) atoms. The van der Waals surface area contributed by atoms with Gasteiger partial charge in [-0.3, -0.25) is 4.90 Å². The number of rotatable bonds is 2. The predicted molar refractivity (Wildman–Crippen MR) is 58.9 cm³/mol. The maximum absolute atomic E-state index is 2.57. The van der Waals surface area contributed by atoms with Gasteiger partial charge in [-0.05, 0) is 39.2 Å². The minimum atomic E-state index is 0.705. The molecule has 0 aromatic heterocycles. The summed E-state index contributed by atoms with van der Waals surface area (Å²) in [6.07, 6.45) is 5.10. The van der Waals surface area contributed by atoms with Crippen LogP contribution in [0.3, 0.4) is 0 Å². The van der Waals surface area contributed by atoms with Gasteiger partial charge in [0.25, 0.3) is 0 Å². The van der Waals surface area contributed by atoms with E-state index in [9.17, 15) is 0 Å². The van der Waals surface area contributed by atoms with Crippen LogP contribution in [0, 0.1) is 5.92 Å². The lowest BCUT2D eigenvalue weighted by atomic mass is 10.00. The topological polar surface area (TPSA) is 3.24 Å². The Morgan fingerprint density at radius 3 is 2.46 bits per heavy atom. The molecule has 1 heteroatoms. The number of allylic oxidation sites excluding steroid dienone is 1. The number of hydrogen-bond acceptors (Lipinski definition) is 1. The van der Waals surface area contributed by atoms with E-state index in [1.165, 1.54) is 25.9 Å². The fourth-order valence-corrected chi connectivity index (χ4v) is 1.98. The highest BCUT2D eigenvalue weighted by Crippen LogP contribution is 2.18. The minimum Gasteiger partial charge on any atom is -0.297 e. The lowest BCUT2D eigenvalue weighted by Crippen LogP contribution is -2.36. The van der Waals surface area contributed by atoms with E-state index in [1.807, 2.05) is 0 Å². The van der Waals surface area contributed by atoms with Crippen molar-refractivity contribution in [3.05, 3.63) is 11.6 Å². The molecule has 1 aliphatic heterocycles. The van der Waals surface area contributed by atoms with E-state index in [0.717, 1.165) is 0 Å². The third kappa shape index (κ3) is 3.51. The van der Waals surface area contributed by atoms with E-state index in [-0.39, 0.29) is 0 Å². The molecule has 1 rings (SSSR count). The third-order valence-corrected chi connectivity index (χ3v) is 2.65. The van der Waals surface area contributed by atoms with Gasteiger partial charge in [-0.2, -0.15) is 0 Å². The van der Waals surface area contributed by atoms with Gasteiger partial charge >= 0.3 is 0 Å². The quantitative estimate of drug-likeness (QED) is 0.592. The van der Waals surface area contributed by atoms with Crippen LogP contribution >= 0.6 is 0 Å². The Hall–Kier alpha value is -0.300. The Bertz CT molecular complexity index is 180. The lowest BCUT2D eigenvalue weighted by molar-refractivity contribution is 0.215. The molecule has 0 radical (unpaired) electrons. The molecule has 0 saturated carbocycles. The monoisotopic (exact) mass is 181 g/mol. The Kier molecular flexibility index (Phi) is 3.98. The Morgan fingerprint density at radius 2 is 1.92 bits per heavy atom. The Balaban J connectivity index is 2.51. The van der Waals surface area contributed by atoms with Crippen molar-refractivity contribution in [2.24, 2.45) is 5.92 Å². The van der Waals surface area contributed by atoms with Crippen LogP contribution in [0.1, 0.15) is 40.5 Å². The minimum absolute atomic E-state index is 0.705. The average molecular weight is 181 g/mol. The van der Waals surface area contributed by atoms with Crippen molar-refractivity contribution >= 4 is 0 Å². The highest BCUT2D eigenvalue weighted by molar-refractivity contribution is 5.08. The SMILES string of the molecule is CC(C)/C=C1\CCCN(C(C)C)C1. The first kappa shape index (κ1) is 10.8. The fourth-order valence-electron chi connectivity index (χ4n) is 1.98. The molecule has 1 saturated heterocycles. The van der Waals surface area contributed by atoms with Gasteiger partial charge in [-0.15, -0.1) is 0 Å². The second kappa shape index (κ2) is 4.80. The van der Waals surface area contributed by atoms with Gasteiger partial charge in [-0.25, -0.2) is 0 Å². The zero-order valence-electron chi connectivity index (χ0n) is 9.51. The van der Waals surface area contributed by atoms with Crippen LogP contribution in [-0.2, 0) is 0 Å². The highest BCUT2D eigenvalue weighted by Gasteiger charge is 2.16. The average Bonchev–Trinajstić information content (AvgIpc) is 2.03. The van der Waals surface area contributed by atoms with Crippen LogP contribution in [0.5, 0.6) is 0 Å². The second-order valence-electron chi connectivity index (χ2n) is 4.74. The second-order valence-corrected chi connectivity index (χ2v) is 4.74. The smallest absolute Gasteiger partial charge is 0.0195 e. The molecule has 0 spiro atoms. The maximum atomic E-state index is 2.57. The van der Waals surface area contributed by atoms with E-state index in [0.29, 0.717) is 12.0 Å². The van der Waals surface area contributed by atoms with E-state index in [4.69, 9.17) is 0 Å². The highest BCUT2D eigenvalue weighted by atomic mass is 15.1. The molecule has 1 aliphatic rings. The first-order valence-electron chi connectivity index (χ1n) is 5.53. The molecular weight excluding hydrogens is 158 g/mol. The standard InChI is InChI=1S/C12H23N/c1-10(2)8-12-6-5-7-13(9-12)11(3)4/h8,10-11H,5-7,9H2,1-4H3/b12-8+. The van der Waals surface area contributed by atoms with Gasteiger partial charge in [0.05, 0.1) is 0 Å². The summed E-state index contributed by atoms with van der Waals surface area (Å²) in [5, 5.41) is 0. The van der Waals surface area contributed by atoms with Gasteiger partial charge in [0, 0.05) is 12.6 Å². The first-order chi connectivity index (χ1) is 6.09. The summed E-state index contributed by atoms with van der Waals surface area (Å²) in [5.41, 5.74) is 1.65. The van der Waals surface area contributed by atoms with Crippen molar-refractivity contribution in [1.82, 2.24) is 4.90 Å². The normalized spacial score (nSPS) is 23.4. The Morgan fingerprint density at radius 1 is 1.23 bits per heavy atom. The Labute approximate surface area is 82.8 Å². The van der Waals surface area contributed by atoms with Crippen LogP contribution in [0.2, 0.25) is 0 Å².